The van der Waals surface area contributed by atoms with Gasteiger partial charge < -0.3 is 18.8 Å². The molecular formula is C30H22F5N3O5S. The van der Waals surface area contributed by atoms with Gasteiger partial charge in [0, 0.05) is 36.1 Å². The van der Waals surface area contributed by atoms with Crippen LogP contribution in [0.3, 0.4) is 0 Å². The summed E-state index contributed by atoms with van der Waals surface area (Å²) in [4.78, 5) is 8.24. The monoisotopic (exact) mass is 631 g/mol. The molecule has 6 rings (SSSR count). The highest BCUT2D eigenvalue weighted by Crippen LogP contribution is 2.47. The van der Waals surface area contributed by atoms with E-state index in [9.17, 15) is 35.5 Å². The first-order valence-corrected chi connectivity index (χ1v) is 14.9. The van der Waals surface area contributed by atoms with E-state index in [-0.39, 0.29) is 56.2 Å². The van der Waals surface area contributed by atoms with Crippen molar-refractivity contribution in [1.82, 2.24) is 14.5 Å². The highest BCUT2D eigenvalue weighted by atomic mass is 32.2. The Labute approximate surface area is 247 Å². The van der Waals surface area contributed by atoms with Crippen LogP contribution in [0.25, 0.3) is 39.4 Å². The number of fused-ring (bicyclic) bond motifs is 1. The van der Waals surface area contributed by atoms with E-state index in [0.717, 1.165) is 12.5 Å². The smallest absolute Gasteiger partial charge is 0.434 e. The lowest BCUT2D eigenvalue weighted by molar-refractivity contribution is -0.224. The molecule has 228 valence electrons. The second-order valence-corrected chi connectivity index (χ2v) is 12.3. The van der Waals surface area contributed by atoms with E-state index in [1.165, 1.54) is 48.7 Å². The molecule has 1 unspecified atom stereocenters. The lowest BCUT2D eigenvalue weighted by Crippen LogP contribution is -2.26. The summed E-state index contributed by atoms with van der Waals surface area (Å²) in [5.74, 6) is 0.0506. The number of aryl methyl sites for hydroxylation is 2. The molecule has 0 amide bonds. The summed E-state index contributed by atoms with van der Waals surface area (Å²) < 4.78 is 105. The van der Waals surface area contributed by atoms with Gasteiger partial charge in [-0.15, -0.1) is 0 Å². The number of ether oxygens (including phenoxy) is 1. The third-order valence-corrected chi connectivity index (χ3v) is 8.25. The first kappa shape index (κ1) is 29.5. The van der Waals surface area contributed by atoms with Crippen molar-refractivity contribution < 1.29 is 44.6 Å². The highest BCUT2D eigenvalue weighted by molar-refractivity contribution is 7.90. The van der Waals surface area contributed by atoms with Crippen molar-refractivity contribution in [3.05, 3.63) is 89.8 Å². The summed E-state index contributed by atoms with van der Waals surface area (Å²) in [5, 5.41) is 10.1. The van der Waals surface area contributed by atoms with Gasteiger partial charge in [0.05, 0.1) is 10.6 Å². The zero-order chi connectivity index (χ0) is 31.8. The van der Waals surface area contributed by atoms with Crippen LogP contribution in [-0.2, 0) is 16.0 Å². The van der Waals surface area contributed by atoms with Crippen molar-refractivity contribution in [3.8, 4) is 45.1 Å². The zero-order valence-electron chi connectivity index (χ0n) is 23.1. The highest BCUT2D eigenvalue weighted by Gasteiger charge is 2.50. The summed E-state index contributed by atoms with van der Waals surface area (Å²) in [6.07, 6.45) is -8.87. The largest absolute Gasteiger partial charge is 0.440 e. The van der Waals surface area contributed by atoms with Crippen LogP contribution in [0.2, 0.25) is 0 Å². The minimum Gasteiger partial charge on any atom is -0.440 e. The molecule has 0 radical (unpaired) electrons. The second kappa shape index (κ2) is 9.99. The average Bonchev–Trinajstić information content (AvgIpc) is 3.60. The Morgan fingerprint density at radius 2 is 1.66 bits per heavy atom. The summed E-state index contributed by atoms with van der Waals surface area (Å²) in [6, 6.07) is 14.9. The van der Waals surface area contributed by atoms with Crippen molar-refractivity contribution in [2.45, 2.75) is 37.1 Å². The number of hydrogen-bond donors (Lipinski definition) is 1. The maximum absolute atomic E-state index is 14.1. The lowest BCUT2D eigenvalue weighted by Gasteiger charge is -2.14. The molecular weight excluding hydrogens is 609 g/mol. The molecule has 3 aromatic carbocycles. The van der Waals surface area contributed by atoms with Gasteiger partial charge in [0.2, 0.25) is 0 Å². The van der Waals surface area contributed by atoms with Crippen molar-refractivity contribution >= 4 is 9.84 Å². The Balaban J connectivity index is 1.58. The molecule has 5 aromatic rings. The number of sulfone groups is 1. The summed E-state index contributed by atoms with van der Waals surface area (Å²) >= 11 is 0. The number of oxazole rings is 1. The van der Waals surface area contributed by atoms with Gasteiger partial charge in [-0.05, 0) is 60.5 Å². The van der Waals surface area contributed by atoms with Crippen LogP contribution >= 0.6 is 0 Å². The second-order valence-electron chi connectivity index (χ2n) is 10.3. The maximum Gasteiger partial charge on any atom is 0.434 e. The fourth-order valence-electron chi connectivity index (χ4n) is 5.06. The van der Waals surface area contributed by atoms with Crippen LogP contribution in [0.4, 0.5) is 22.0 Å². The topological polar surface area (TPSA) is 107 Å². The zero-order valence-corrected chi connectivity index (χ0v) is 24.0. The Bertz CT molecular complexity index is 2050. The molecule has 0 spiro atoms. The van der Waals surface area contributed by atoms with Gasteiger partial charge >= 0.3 is 12.3 Å². The van der Waals surface area contributed by atoms with Crippen LogP contribution in [0.15, 0.2) is 76.2 Å². The lowest BCUT2D eigenvalue weighted by atomic mass is 9.97. The first-order valence-electron chi connectivity index (χ1n) is 13.0. The number of halogens is 5. The van der Waals surface area contributed by atoms with Crippen LogP contribution in [0, 0.1) is 13.8 Å². The molecule has 0 fully saturated rings. The van der Waals surface area contributed by atoms with Crippen molar-refractivity contribution in [2.75, 3.05) is 6.26 Å². The van der Waals surface area contributed by atoms with Crippen molar-refractivity contribution in [1.29, 1.82) is 0 Å². The SMILES string of the molecule is Cc1nc(-c2cc(-c3cccc(S(C)(=O)=O)c3)ccc2-n2cc(C(F)(F)F)nc2C)c(-c2ccc3c(c2)C(O)C(F)(F)O3)o1. The predicted molar refractivity (Wildman–Crippen MR) is 148 cm³/mol. The average molecular weight is 632 g/mol. The Kier molecular flexibility index (Phi) is 6.70. The summed E-state index contributed by atoms with van der Waals surface area (Å²) in [5.41, 5.74) is 0.618. The molecule has 1 atom stereocenters. The van der Waals surface area contributed by atoms with E-state index < -0.39 is 33.9 Å². The number of aromatic nitrogens is 3. The van der Waals surface area contributed by atoms with Crippen LogP contribution in [0.1, 0.15) is 29.1 Å². The van der Waals surface area contributed by atoms with E-state index in [1.807, 2.05) is 0 Å². The number of aliphatic hydroxyl groups excluding tert-OH is 1. The van der Waals surface area contributed by atoms with Gasteiger partial charge in [0.25, 0.3) is 0 Å². The van der Waals surface area contributed by atoms with Crippen LogP contribution in [0.5, 0.6) is 5.75 Å². The van der Waals surface area contributed by atoms with Crippen LogP contribution < -0.4 is 4.74 Å². The normalized spacial score (nSPS) is 16.2. The van der Waals surface area contributed by atoms with Crippen molar-refractivity contribution in [2.24, 2.45) is 0 Å². The van der Waals surface area contributed by atoms with Crippen LogP contribution in [-0.4, -0.2) is 40.4 Å². The van der Waals surface area contributed by atoms with Gasteiger partial charge in [-0.25, -0.2) is 18.4 Å². The summed E-state index contributed by atoms with van der Waals surface area (Å²) in [6.45, 7) is 2.94. The number of aliphatic hydroxyl groups is 1. The van der Waals surface area contributed by atoms with E-state index in [2.05, 4.69) is 14.7 Å². The third kappa shape index (κ3) is 5.13. The number of rotatable bonds is 5. The first-order chi connectivity index (χ1) is 20.5. The minimum atomic E-state index is -4.72. The number of imidazole rings is 1. The minimum absolute atomic E-state index is 0.0206. The molecule has 8 nitrogen and oxygen atoms in total. The quantitative estimate of drug-likeness (QED) is 0.210. The van der Waals surface area contributed by atoms with Gasteiger partial charge in [-0.3, -0.25) is 0 Å². The molecule has 14 heteroatoms. The van der Waals surface area contributed by atoms with Gasteiger partial charge in [0.15, 0.2) is 33.3 Å². The van der Waals surface area contributed by atoms with E-state index in [1.54, 1.807) is 30.3 Å². The molecule has 0 saturated heterocycles. The van der Waals surface area contributed by atoms with Gasteiger partial charge in [0.1, 0.15) is 17.3 Å². The van der Waals surface area contributed by atoms with Gasteiger partial charge in [-0.1, -0.05) is 18.2 Å². The molecule has 0 saturated carbocycles. The predicted octanol–water partition coefficient (Wildman–Crippen LogP) is 6.92. The molecule has 1 N–H and O–H groups in total. The fraction of sp³-hybridized carbons (Fsp3) is 0.200. The Morgan fingerprint density at radius 1 is 0.955 bits per heavy atom. The number of hydrogen-bond acceptors (Lipinski definition) is 7. The molecule has 1 aliphatic rings. The maximum atomic E-state index is 14.1. The van der Waals surface area contributed by atoms with Crippen molar-refractivity contribution in [3.63, 3.8) is 0 Å². The number of benzene rings is 3. The third-order valence-electron chi connectivity index (χ3n) is 7.14. The number of nitrogens with zero attached hydrogens (tertiary/aromatic N) is 3. The molecule has 2 aromatic heterocycles. The molecule has 3 heterocycles. The van der Waals surface area contributed by atoms with E-state index in [0.29, 0.717) is 11.1 Å². The molecule has 1 aliphatic heterocycles. The summed E-state index contributed by atoms with van der Waals surface area (Å²) in [7, 11) is -3.55. The molecule has 0 bridgehead atoms. The van der Waals surface area contributed by atoms with E-state index in [4.69, 9.17) is 4.42 Å². The number of alkyl halides is 5. The Morgan fingerprint density at radius 3 is 2.34 bits per heavy atom. The van der Waals surface area contributed by atoms with Gasteiger partial charge in [-0.2, -0.15) is 22.0 Å². The Hall–Kier alpha value is -4.56. The van der Waals surface area contributed by atoms with E-state index >= 15 is 0 Å². The molecule has 44 heavy (non-hydrogen) atoms. The fourth-order valence-corrected chi connectivity index (χ4v) is 5.73. The molecule has 0 aliphatic carbocycles. The standard InChI is InChI=1S/C30H22F5N3O5S/c1-15-36-25(29(31,32)33)14-38(15)23-9-7-18(17-5-4-6-20(11-17)44(3,40)41)12-21(23)26-27(42-16(2)37-26)19-8-10-24-22(13-19)28(39)30(34,35)43-24/h4-14,28,39H,1-3H3.